The third-order valence-corrected chi connectivity index (χ3v) is 5.05. The number of nitrogens with one attached hydrogen (secondary N) is 2. The number of aromatic nitrogens is 1. The number of pyridine rings is 1. The Morgan fingerprint density at radius 3 is 2.30 bits per heavy atom. The maximum atomic E-state index is 13.0. The lowest BCUT2D eigenvalue weighted by Crippen LogP contribution is -2.49. The Labute approximate surface area is 171 Å². The summed E-state index contributed by atoms with van der Waals surface area (Å²) in [5, 5.41) is 15.3. The number of aliphatic hydroxyl groups excluding tert-OH is 1. The first kappa shape index (κ1) is 19.8. The topological polar surface area (TPSA) is 92.6 Å². The lowest BCUT2D eigenvalue weighted by molar-refractivity contribution is -0.125. The van der Waals surface area contributed by atoms with E-state index in [1.54, 1.807) is 49.5 Å². The number of halogens is 1. The minimum atomic E-state index is -1.34. The summed E-state index contributed by atoms with van der Waals surface area (Å²) in [5.74, 6) is 0.156. The standard InChI is InChI=1S/C22H20FN3O4/c1-14-3-2-12-26(19(14)27)13-22(20(28)24-21(29)25-22)15-4-8-17(9-5-15)30-18-10-6-16(23)7-11-18/h2-12,21,25,29H,13H2,1H3,(H,24,28). The monoisotopic (exact) mass is 409 g/mol. The van der Waals surface area contributed by atoms with E-state index in [9.17, 15) is 19.1 Å². The molecule has 1 fully saturated rings. The highest BCUT2D eigenvalue weighted by Crippen LogP contribution is 2.30. The van der Waals surface area contributed by atoms with Gasteiger partial charge in [-0.2, -0.15) is 0 Å². The van der Waals surface area contributed by atoms with E-state index in [4.69, 9.17) is 4.74 Å². The summed E-state index contributed by atoms with van der Waals surface area (Å²) < 4.78 is 20.2. The summed E-state index contributed by atoms with van der Waals surface area (Å²) in [7, 11) is 0. The number of carbonyl (C=O) groups is 1. The smallest absolute Gasteiger partial charge is 0.253 e. The summed E-state index contributed by atoms with van der Waals surface area (Å²) in [6, 6.07) is 15.7. The van der Waals surface area contributed by atoms with Crippen LogP contribution in [-0.4, -0.2) is 21.9 Å². The molecule has 2 heterocycles. The van der Waals surface area contributed by atoms with Crippen molar-refractivity contribution in [2.75, 3.05) is 0 Å². The van der Waals surface area contributed by atoms with Crippen molar-refractivity contribution in [1.82, 2.24) is 15.2 Å². The SMILES string of the molecule is Cc1cccn(CC2(c3ccc(Oc4ccc(F)cc4)cc3)NC(O)NC2=O)c1=O. The predicted molar refractivity (Wildman–Crippen MR) is 107 cm³/mol. The number of ether oxygens (including phenoxy) is 1. The Bertz CT molecular complexity index is 1130. The van der Waals surface area contributed by atoms with Crippen LogP contribution in [0, 0.1) is 12.7 Å². The van der Waals surface area contributed by atoms with Crippen molar-refractivity contribution < 1.29 is 19.0 Å². The average Bonchev–Trinajstić information content (AvgIpc) is 3.01. The second kappa shape index (κ2) is 7.74. The molecule has 7 nitrogen and oxygen atoms in total. The van der Waals surface area contributed by atoms with E-state index in [1.807, 2.05) is 0 Å². The molecular formula is C22H20FN3O4. The first-order chi connectivity index (χ1) is 14.4. The molecule has 30 heavy (non-hydrogen) atoms. The number of hydrogen-bond donors (Lipinski definition) is 3. The summed E-state index contributed by atoms with van der Waals surface area (Å²) in [6.45, 7) is 1.69. The van der Waals surface area contributed by atoms with Gasteiger partial charge >= 0.3 is 0 Å². The van der Waals surface area contributed by atoms with E-state index < -0.39 is 17.8 Å². The van der Waals surface area contributed by atoms with Crippen molar-refractivity contribution in [3.05, 3.63) is 94.2 Å². The van der Waals surface area contributed by atoms with E-state index in [0.29, 0.717) is 22.6 Å². The van der Waals surface area contributed by atoms with Gasteiger partial charge in [0.2, 0.25) is 5.91 Å². The van der Waals surface area contributed by atoms with Crippen molar-refractivity contribution in [2.45, 2.75) is 25.4 Å². The van der Waals surface area contributed by atoms with Gasteiger partial charge in [0.15, 0.2) is 6.35 Å². The minimum absolute atomic E-state index is 0.00538. The molecule has 0 saturated carbocycles. The van der Waals surface area contributed by atoms with E-state index >= 15 is 0 Å². The number of aliphatic hydroxyl groups is 1. The van der Waals surface area contributed by atoms with E-state index in [0.717, 1.165) is 0 Å². The van der Waals surface area contributed by atoms with Crippen LogP contribution < -0.4 is 20.9 Å². The zero-order chi connectivity index (χ0) is 21.3. The van der Waals surface area contributed by atoms with Gasteiger partial charge in [-0.3, -0.25) is 14.9 Å². The molecule has 1 aliphatic heterocycles. The number of rotatable bonds is 5. The van der Waals surface area contributed by atoms with Crippen molar-refractivity contribution in [1.29, 1.82) is 0 Å². The van der Waals surface area contributed by atoms with E-state index in [-0.39, 0.29) is 17.9 Å². The maximum absolute atomic E-state index is 13.0. The van der Waals surface area contributed by atoms with Gasteiger partial charge in [0, 0.05) is 11.8 Å². The van der Waals surface area contributed by atoms with Gasteiger partial charge in [-0.1, -0.05) is 18.2 Å². The van der Waals surface area contributed by atoms with Crippen LogP contribution in [-0.2, 0) is 16.9 Å². The van der Waals surface area contributed by atoms with Gasteiger partial charge in [0.1, 0.15) is 22.9 Å². The average molecular weight is 409 g/mol. The molecule has 0 radical (unpaired) electrons. The largest absolute Gasteiger partial charge is 0.457 e. The molecule has 8 heteroatoms. The summed E-state index contributed by atoms with van der Waals surface area (Å²) in [6.07, 6.45) is 0.358. The van der Waals surface area contributed by atoms with Crippen molar-refractivity contribution >= 4 is 5.91 Å². The Morgan fingerprint density at radius 1 is 1.07 bits per heavy atom. The van der Waals surface area contributed by atoms with Crippen LogP contribution >= 0.6 is 0 Å². The molecule has 3 aromatic rings. The van der Waals surface area contributed by atoms with Gasteiger partial charge in [0.25, 0.3) is 5.56 Å². The first-order valence-corrected chi connectivity index (χ1v) is 9.34. The summed E-state index contributed by atoms with van der Waals surface area (Å²) >= 11 is 0. The van der Waals surface area contributed by atoms with Crippen LogP contribution in [0.2, 0.25) is 0 Å². The molecule has 1 aliphatic rings. The second-order valence-electron chi connectivity index (χ2n) is 7.13. The molecule has 3 N–H and O–H groups in total. The number of aryl methyl sites for hydroxylation is 1. The van der Waals surface area contributed by atoms with Gasteiger partial charge in [-0.05, 0) is 55.0 Å². The van der Waals surface area contributed by atoms with Gasteiger partial charge < -0.3 is 19.7 Å². The molecule has 0 bridgehead atoms. The quantitative estimate of drug-likeness (QED) is 0.599. The number of amides is 1. The molecule has 1 aromatic heterocycles. The lowest BCUT2D eigenvalue weighted by Gasteiger charge is -2.28. The first-order valence-electron chi connectivity index (χ1n) is 9.34. The molecule has 0 aliphatic carbocycles. The number of carbonyl (C=O) groups excluding carboxylic acids is 1. The Balaban J connectivity index is 1.66. The van der Waals surface area contributed by atoms with Crippen LogP contribution in [0.3, 0.4) is 0 Å². The molecule has 1 saturated heterocycles. The molecule has 0 spiro atoms. The van der Waals surface area contributed by atoms with Crippen molar-refractivity contribution in [3.8, 4) is 11.5 Å². The molecular weight excluding hydrogens is 389 g/mol. The summed E-state index contributed by atoms with van der Waals surface area (Å²) in [4.78, 5) is 25.3. The van der Waals surface area contributed by atoms with Crippen LogP contribution in [0.25, 0.3) is 0 Å². The fourth-order valence-corrected chi connectivity index (χ4v) is 3.49. The summed E-state index contributed by atoms with van der Waals surface area (Å²) in [5.41, 5.74) is -0.457. The van der Waals surface area contributed by atoms with Crippen LogP contribution in [0.5, 0.6) is 11.5 Å². The number of nitrogens with zero attached hydrogens (tertiary/aromatic N) is 1. The van der Waals surface area contributed by atoms with Crippen LogP contribution in [0.1, 0.15) is 11.1 Å². The molecule has 2 aromatic carbocycles. The van der Waals surface area contributed by atoms with E-state index in [2.05, 4.69) is 10.6 Å². The Kier molecular flexibility index (Phi) is 5.11. The third-order valence-electron chi connectivity index (χ3n) is 5.05. The normalized spacial score (nSPS) is 20.8. The zero-order valence-corrected chi connectivity index (χ0v) is 16.1. The molecule has 2 atom stereocenters. The number of hydrogen-bond acceptors (Lipinski definition) is 5. The van der Waals surface area contributed by atoms with Crippen LogP contribution in [0.15, 0.2) is 71.7 Å². The predicted octanol–water partition coefficient (Wildman–Crippen LogP) is 1.98. The van der Waals surface area contributed by atoms with Crippen molar-refractivity contribution in [3.63, 3.8) is 0 Å². The lowest BCUT2D eigenvalue weighted by atomic mass is 9.89. The van der Waals surface area contributed by atoms with E-state index in [1.165, 1.54) is 28.8 Å². The second-order valence-corrected chi connectivity index (χ2v) is 7.13. The zero-order valence-electron chi connectivity index (χ0n) is 16.1. The Morgan fingerprint density at radius 2 is 1.70 bits per heavy atom. The maximum Gasteiger partial charge on any atom is 0.253 e. The highest BCUT2D eigenvalue weighted by Gasteiger charge is 2.48. The van der Waals surface area contributed by atoms with Gasteiger partial charge in [-0.15, -0.1) is 0 Å². The fourth-order valence-electron chi connectivity index (χ4n) is 3.49. The van der Waals surface area contributed by atoms with Gasteiger partial charge in [-0.25, -0.2) is 4.39 Å². The molecule has 154 valence electrons. The minimum Gasteiger partial charge on any atom is -0.457 e. The third kappa shape index (κ3) is 3.70. The van der Waals surface area contributed by atoms with Crippen LogP contribution in [0.4, 0.5) is 4.39 Å². The molecule has 2 unspecified atom stereocenters. The van der Waals surface area contributed by atoms with Crippen molar-refractivity contribution in [2.24, 2.45) is 0 Å². The molecule has 1 amide bonds. The number of benzene rings is 2. The Hall–Kier alpha value is -3.49. The molecule has 4 rings (SSSR count). The fraction of sp³-hybridized carbons (Fsp3) is 0.182. The highest BCUT2D eigenvalue weighted by molar-refractivity contribution is 5.89. The highest BCUT2D eigenvalue weighted by atomic mass is 19.1. The van der Waals surface area contributed by atoms with Gasteiger partial charge in [0.05, 0.1) is 6.54 Å².